The maximum Gasteiger partial charge on any atom is 0.185 e. The van der Waals surface area contributed by atoms with Crippen LogP contribution in [0.2, 0.25) is 0 Å². The highest BCUT2D eigenvalue weighted by Crippen LogP contribution is 2.33. The summed E-state index contributed by atoms with van der Waals surface area (Å²) in [5.41, 5.74) is 1.28. The first-order chi connectivity index (χ1) is 9.10. The Hall–Kier alpha value is -0.610. The second kappa shape index (κ2) is 6.71. The molecule has 0 saturated heterocycles. The third-order valence-corrected chi connectivity index (χ3v) is 4.71. The Morgan fingerprint density at radius 2 is 2.16 bits per heavy atom. The summed E-state index contributed by atoms with van der Waals surface area (Å²) in [6.45, 7) is 9.91. The van der Waals surface area contributed by atoms with Crippen LogP contribution in [0, 0.1) is 11.8 Å². The smallest absolute Gasteiger partial charge is 0.185 e. The maximum atomic E-state index is 4.81. The molecular formula is C15H27N3S. The predicted molar refractivity (Wildman–Crippen MR) is 84.0 cm³/mol. The van der Waals surface area contributed by atoms with Crippen LogP contribution >= 0.6 is 11.3 Å². The van der Waals surface area contributed by atoms with Crippen LogP contribution in [0.3, 0.4) is 0 Å². The van der Waals surface area contributed by atoms with Crippen molar-refractivity contribution in [2.75, 3.05) is 25.0 Å². The molecule has 0 aliphatic heterocycles. The van der Waals surface area contributed by atoms with E-state index >= 15 is 0 Å². The Balaban J connectivity index is 1.94. The molecule has 1 aromatic heterocycles. The Kier molecular flexibility index (Phi) is 5.22. The van der Waals surface area contributed by atoms with Gasteiger partial charge in [0.25, 0.3) is 0 Å². The van der Waals surface area contributed by atoms with Gasteiger partial charge in [-0.05, 0) is 37.6 Å². The van der Waals surface area contributed by atoms with Crippen molar-refractivity contribution in [1.29, 1.82) is 0 Å². The minimum Gasteiger partial charge on any atom is -0.351 e. The van der Waals surface area contributed by atoms with Gasteiger partial charge >= 0.3 is 0 Å². The molecule has 1 aliphatic rings. The van der Waals surface area contributed by atoms with Crippen LogP contribution in [0.1, 0.15) is 44.2 Å². The zero-order valence-electron chi connectivity index (χ0n) is 12.7. The first kappa shape index (κ1) is 14.8. The first-order valence-corrected chi connectivity index (χ1v) is 8.32. The minimum atomic E-state index is 0.704. The SMILES string of the molecule is CCc1nc(N(C)CC2CC2)sc1CNCC(C)C. The molecule has 1 aliphatic carbocycles. The molecule has 0 unspecified atom stereocenters. The fourth-order valence-corrected chi connectivity index (χ4v) is 3.28. The average Bonchev–Trinajstić information content (AvgIpc) is 3.07. The zero-order chi connectivity index (χ0) is 13.8. The average molecular weight is 281 g/mol. The van der Waals surface area contributed by atoms with Crippen LogP contribution in [-0.2, 0) is 13.0 Å². The monoisotopic (exact) mass is 281 g/mol. The summed E-state index contributed by atoms with van der Waals surface area (Å²) in [4.78, 5) is 8.57. The molecule has 0 bridgehead atoms. The summed E-state index contributed by atoms with van der Waals surface area (Å²) in [6, 6.07) is 0. The van der Waals surface area contributed by atoms with E-state index in [2.05, 4.69) is 38.0 Å². The first-order valence-electron chi connectivity index (χ1n) is 7.50. The highest BCUT2D eigenvalue weighted by molar-refractivity contribution is 7.15. The Morgan fingerprint density at radius 1 is 1.42 bits per heavy atom. The lowest BCUT2D eigenvalue weighted by Crippen LogP contribution is -2.19. The van der Waals surface area contributed by atoms with Gasteiger partial charge in [-0.15, -0.1) is 11.3 Å². The lowest BCUT2D eigenvalue weighted by Gasteiger charge is -2.14. The summed E-state index contributed by atoms with van der Waals surface area (Å²) in [5.74, 6) is 1.62. The second-order valence-corrected chi connectivity index (χ2v) is 7.13. The van der Waals surface area contributed by atoms with Gasteiger partial charge in [-0.1, -0.05) is 20.8 Å². The quantitative estimate of drug-likeness (QED) is 0.792. The van der Waals surface area contributed by atoms with Gasteiger partial charge in [0.1, 0.15) is 0 Å². The van der Waals surface area contributed by atoms with Crippen molar-refractivity contribution in [3.05, 3.63) is 10.6 Å². The molecule has 1 fully saturated rings. The molecule has 1 aromatic rings. The van der Waals surface area contributed by atoms with E-state index in [0.717, 1.165) is 25.4 Å². The summed E-state index contributed by atoms with van der Waals surface area (Å²) < 4.78 is 0. The second-order valence-electron chi connectivity index (χ2n) is 6.07. The molecule has 3 nitrogen and oxygen atoms in total. The number of aryl methyl sites for hydroxylation is 1. The summed E-state index contributed by atoms with van der Waals surface area (Å²) >= 11 is 1.87. The maximum absolute atomic E-state index is 4.81. The van der Waals surface area contributed by atoms with E-state index < -0.39 is 0 Å². The number of anilines is 1. The third kappa shape index (κ3) is 4.46. The van der Waals surface area contributed by atoms with Crippen LogP contribution in [0.25, 0.3) is 0 Å². The van der Waals surface area contributed by atoms with Gasteiger partial charge in [0, 0.05) is 25.0 Å². The molecule has 19 heavy (non-hydrogen) atoms. The number of hydrogen-bond acceptors (Lipinski definition) is 4. The summed E-state index contributed by atoms with van der Waals surface area (Å²) in [5, 5.41) is 4.73. The molecular weight excluding hydrogens is 254 g/mol. The minimum absolute atomic E-state index is 0.704. The number of nitrogens with zero attached hydrogens (tertiary/aromatic N) is 2. The molecule has 1 N–H and O–H groups in total. The van der Waals surface area contributed by atoms with E-state index in [0.29, 0.717) is 5.92 Å². The number of aromatic nitrogens is 1. The van der Waals surface area contributed by atoms with Gasteiger partial charge in [0.15, 0.2) is 5.13 Å². The van der Waals surface area contributed by atoms with Gasteiger partial charge in [0.2, 0.25) is 0 Å². The van der Waals surface area contributed by atoms with Gasteiger partial charge < -0.3 is 10.2 Å². The van der Waals surface area contributed by atoms with E-state index in [9.17, 15) is 0 Å². The molecule has 108 valence electrons. The van der Waals surface area contributed by atoms with E-state index in [1.54, 1.807) is 0 Å². The lowest BCUT2D eigenvalue weighted by atomic mass is 10.2. The van der Waals surface area contributed by atoms with Crippen molar-refractivity contribution >= 4 is 16.5 Å². The normalized spacial score (nSPS) is 15.2. The molecule has 0 amide bonds. The van der Waals surface area contributed by atoms with Crippen LogP contribution in [-0.4, -0.2) is 25.1 Å². The van der Waals surface area contributed by atoms with Crippen LogP contribution in [0.15, 0.2) is 0 Å². The van der Waals surface area contributed by atoms with E-state index in [1.165, 1.54) is 35.1 Å². The van der Waals surface area contributed by atoms with Crippen molar-refractivity contribution in [3.63, 3.8) is 0 Å². The van der Waals surface area contributed by atoms with Gasteiger partial charge in [0.05, 0.1) is 5.69 Å². The molecule has 0 aromatic carbocycles. The van der Waals surface area contributed by atoms with Crippen molar-refractivity contribution < 1.29 is 0 Å². The largest absolute Gasteiger partial charge is 0.351 e. The van der Waals surface area contributed by atoms with Crippen molar-refractivity contribution in [1.82, 2.24) is 10.3 Å². The fraction of sp³-hybridized carbons (Fsp3) is 0.800. The van der Waals surface area contributed by atoms with Crippen LogP contribution < -0.4 is 10.2 Å². The highest BCUT2D eigenvalue weighted by Gasteiger charge is 2.24. The number of thiazole rings is 1. The van der Waals surface area contributed by atoms with Gasteiger partial charge in [-0.2, -0.15) is 0 Å². The van der Waals surface area contributed by atoms with Crippen molar-refractivity contribution in [2.45, 2.75) is 46.6 Å². The Bertz CT molecular complexity index is 396. The standard InChI is InChI=1S/C15H27N3S/c1-5-13-14(9-16-8-11(2)3)19-15(17-13)18(4)10-12-6-7-12/h11-12,16H,5-10H2,1-4H3. The van der Waals surface area contributed by atoms with E-state index in [-0.39, 0.29) is 0 Å². The van der Waals surface area contributed by atoms with Crippen LogP contribution in [0.5, 0.6) is 0 Å². The number of rotatable bonds is 8. The molecule has 2 rings (SSSR count). The number of nitrogens with one attached hydrogen (secondary N) is 1. The van der Waals surface area contributed by atoms with E-state index in [4.69, 9.17) is 4.98 Å². The Morgan fingerprint density at radius 3 is 2.74 bits per heavy atom. The third-order valence-electron chi connectivity index (χ3n) is 3.50. The molecule has 0 atom stereocenters. The van der Waals surface area contributed by atoms with Crippen molar-refractivity contribution in [2.24, 2.45) is 11.8 Å². The number of hydrogen-bond donors (Lipinski definition) is 1. The summed E-state index contributed by atoms with van der Waals surface area (Å²) in [7, 11) is 2.18. The van der Waals surface area contributed by atoms with Gasteiger partial charge in [-0.25, -0.2) is 4.98 Å². The zero-order valence-corrected chi connectivity index (χ0v) is 13.5. The molecule has 1 heterocycles. The van der Waals surface area contributed by atoms with Crippen LogP contribution in [0.4, 0.5) is 5.13 Å². The molecule has 0 radical (unpaired) electrons. The summed E-state index contributed by atoms with van der Waals surface area (Å²) in [6.07, 6.45) is 3.84. The molecule has 0 spiro atoms. The van der Waals surface area contributed by atoms with Gasteiger partial charge in [-0.3, -0.25) is 0 Å². The fourth-order valence-electron chi connectivity index (χ4n) is 2.19. The van der Waals surface area contributed by atoms with Crippen molar-refractivity contribution in [3.8, 4) is 0 Å². The predicted octanol–water partition coefficient (Wildman–Crippen LogP) is 3.30. The molecule has 4 heteroatoms. The van der Waals surface area contributed by atoms with E-state index in [1.807, 2.05) is 11.3 Å². The Labute approximate surface area is 121 Å². The highest BCUT2D eigenvalue weighted by atomic mass is 32.1. The lowest BCUT2D eigenvalue weighted by molar-refractivity contribution is 0.553. The topological polar surface area (TPSA) is 28.2 Å². The molecule has 1 saturated carbocycles.